The van der Waals surface area contributed by atoms with Gasteiger partial charge in [0.2, 0.25) is 0 Å². The van der Waals surface area contributed by atoms with Crippen molar-refractivity contribution in [3.8, 4) is 12.3 Å². The number of hydrogen-bond acceptors (Lipinski definition) is 1. The predicted molar refractivity (Wildman–Crippen MR) is 43.0 cm³/mol. The second-order valence-electron chi connectivity index (χ2n) is 2.74. The van der Waals surface area contributed by atoms with Gasteiger partial charge < -0.3 is 9.80 Å². The molecule has 0 aromatic heterocycles. The van der Waals surface area contributed by atoms with Crippen LogP contribution in [0.2, 0.25) is 0 Å². The van der Waals surface area contributed by atoms with E-state index in [0.29, 0.717) is 0 Å². The normalized spacial score (nSPS) is 20.3. The highest BCUT2D eigenvalue weighted by atomic mass is 16.2. The van der Waals surface area contributed by atoms with Crippen LogP contribution in [0.25, 0.3) is 0 Å². The molecule has 11 heavy (non-hydrogen) atoms. The SMILES string of the molecule is C#CC(C)N1CCN(C)C1=O. The quantitative estimate of drug-likeness (QED) is 0.498. The average molecular weight is 152 g/mol. The van der Waals surface area contributed by atoms with Gasteiger partial charge in [0.1, 0.15) is 0 Å². The van der Waals surface area contributed by atoms with Gasteiger partial charge in [0.25, 0.3) is 0 Å². The number of carbonyl (C=O) groups excluding carboxylic acids is 1. The molecule has 3 heteroatoms. The van der Waals surface area contributed by atoms with E-state index < -0.39 is 0 Å². The minimum Gasteiger partial charge on any atom is -0.326 e. The van der Waals surface area contributed by atoms with Gasteiger partial charge in [-0.15, -0.1) is 6.42 Å². The van der Waals surface area contributed by atoms with Crippen molar-refractivity contribution < 1.29 is 4.79 Å². The van der Waals surface area contributed by atoms with Crippen molar-refractivity contribution in [3.63, 3.8) is 0 Å². The van der Waals surface area contributed by atoms with Gasteiger partial charge >= 0.3 is 6.03 Å². The Morgan fingerprint density at radius 1 is 1.64 bits per heavy atom. The zero-order valence-corrected chi connectivity index (χ0v) is 6.87. The van der Waals surface area contributed by atoms with Gasteiger partial charge in [-0.3, -0.25) is 0 Å². The third kappa shape index (κ3) is 1.30. The number of nitrogens with zero attached hydrogens (tertiary/aromatic N) is 2. The molecule has 1 aliphatic heterocycles. The summed E-state index contributed by atoms with van der Waals surface area (Å²) in [5.74, 6) is 2.54. The summed E-state index contributed by atoms with van der Waals surface area (Å²) in [5, 5.41) is 0. The zero-order valence-electron chi connectivity index (χ0n) is 6.87. The minimum absolute atomic E-state index is 0.0375. The van der Waals surface area contributed by atoms with Gasteiger partial charge in [0, 0.05) is 20.1 Å². The summed E-state index contributed by atoms with van der Waals surface area (Å²) in [6, 6.07) is -0.0390. The smallest absolute Gasteiger partial charge is 0.320 e. The van der Waals surface area contributed by atoms with E-state index in [2.05, 4.69) is 5.92 Å². The number of hydrogen-bond donors (Lipinski definition) is 0. The first-order valence-electron chi connectivity index (χ1n) is 3.64. The lowest BCUT2D eigenvalue weighted by molar-refractivity contribution is 0.194. The Hall–Kier alpha value is -1.17. The first-order valence-corrected chi connectivity index (χ1v) is 3.64. The van der Waals surface area contributed by atoms with Crippen LogP contribution in [-0.2, 0) is 0 Å². The number of urea groups is 1. The maximum Gasteiger partial charge on any atom is 0.320 e. The van der Waals surface area contributed by atoms with Crippen LogP contribution >= 0.6 is 0 Å². The van der Waals surface area contributed by atoms with Crippen molar-refractivity contribution in [2.24, 2.45) is 0 Å². The summed E-state index contributed by atoms with van der Waals surface area (Å²) in [6.45, 7) is 3.39. The molecular formula is C8H12N2O. The lowest BCUT2D eigenvalue weighted by Crippen LogP contribution is -2.35. The van der Waals surface area contributed by atoms with Crippen LogP contribution in [0.1, 0.15) is 6.92 Å². The number of terminal acetylenes is 1. The molecule has 1 saturated heterocycles. The van der Waals surface area contributed by atoms with Gasteiger partial charge in [-0.25, -0.2) is 4.79 Å². The highest BCUT2D eigenvalue weighted by Crippen LogP contribution is 2.09. The molecule has 0 bridgehead atoms. The van der Waals surface area contributed by atoms with Crippen LogP contribution in [0.5, 0.6) is 0 Å². The highest BCUT2D eigenvalue weighted by Gasteiger charge is 2.27. The Morgan fingerprint density at radius 3 is 2.64 bits per heavy atom. The number of rotatable bonds is 1. The van der Waals surface area contributed by atoms with E-state index in [1.807, 2.05) is 6.92 Å². The number of carbonyl (C=O) groups is 1. The van der Waals surface area contributed by atoms with Crippen LogP contribution in [0.15, 0.2) is 0 Å². The summed E-state index contributed by atoms with van der Waals surface area (Å²) in [7, 11) is 1.78. The molecular weight excluding hydrogens is 140 g/mol. The Bertz CT molecular complexity index is 207. The highest BCUT2D eigenvalue weighted by molar-refractivity contribution is 5.76. The van der Waals surface area contributed by atoms with E-state index in [-0.39, 0.29) is 12.1 Å². The maximum absolute atomic E-state index is 11.3. The summed E-state index contributed by atoms with van der Waals surface area (Å²) >= 11 is 0. The molecule has 0 spiro atoms. The molecule has 0 saturated carbocycles. The molecule has 1 fully saturated rings. The van der Waals surface area contributed by atoms with E-state index in [1.54, 1.807) is 16.8 Å². The third-order valence-corrected chi connectivity index (χ3v) is 1.96. The fourth-order valence-corrected chi connectivity index (χ4v) is 1.12. The van der Waals surface area contributed by atoms with Gasteiger partial charge in [-0.2, -0.15) is 0 Å². The molecule has 0 radical (unpaired) electrons. The van der Waals surface area contributed by atoms with Crippen molar-refractivity contribution in [3.05, 3.63) is 0 Å². The van der Waals surface area contributed by atoms with Crippen molar-refractivity contribution in [2.75, 3.05) is 20.1 Å². The molecule has 0 N–H and O–H groups in total. The minimum atomic E-state index is -0.0764. The molecule has 1 rings (SSSR count). The second-order valence-corrected chi connectivity index (χ2v) is 2.74. The molecule has 60 valence electrons. The van der Waals surface area contributed by atoms with E-state index in [9.17, 15) is 4.79 Å². The summed E-state index contributed by atoms with van der Waals surface area (Å²) in [5.41, 5.74) is 0. The van der Waals surface area contributed by atoms with Gasteiger partial charge in [-0.1, -0.05) is 5.92 Å². The van der Waals surface area contributed by atoms with Gasteiger partial charge in [0.15, 0.2) is 0 Å². The third-order valence-electron chi connectivity index (χ3n) is 1.96. The molecule has 0 aromatic carbocycles. The monoisotopic (exact) mass is 152 g/mol. The van der Waals surface area contributed by atoms with E-state index in [1.165, 1.54) is 0 Å². The Morgan fingerprint density at radius 2 is 2.27 bits per heavy atom. The van der Waals surface area contributed by atoms with Crippen molar-refractivity contribution in [1.29, 1.82) is 0 Å². The second kappa shape index (κ2) is 2.83. The van der Waals surface area contributed by atoms with E-state index >= 15 is 0 Å². The first kappa shape index (κ1) is 7.93. The average Bonchev–Trinajstić information content (AvgIpc) is 2.32. The van der Waals surface area contributed by atoms with Crippen LogP contribution in [0.4, 0.5) is 4.79 Å². The largest absolute Gasteiger partial charge is 0.326 e. The molecule has 3 nitrogen and oxygen atoms in total. The first-order chi connectivity index (χ1) is 5.16. The van der Waals surface area contributed by atoms with Gasteiger partial charge in [-0.05, 0) is 6.92 Å². The Balaban J connectivity index is 2.64. The predicted octanol–water partition coefficient (Wildman–Crippen LogP) is 0.376. The molecule has 0 aromatic rings. The summed E-state index contributed by atoms with van der Waals surface area (Å²) in [4.78, 5) is 14.6. The molecule has 1 heterocycles. The Labute approximate surface area is 67.0 Å². The van der Waals surface area contributed by atoms with Crippen LogP contribution in [-0.4, -0.2) is 42.0 Å². The summed E-state index contributed by atoms with van der Waals surface area (Å²) in [6.07, 6.45) is 5.20. The lowest BCUT2D eigenvalue weighted by atomic mass is 10.3. The van der Waals surface area contributed by atoms with Gasteiger partial charge in [0.05, 0.1) is 6.04 Å². The molecule has 1 unspecified atom stereocenters. The van der Waals surface area contributed by atoms with E-state index in [0.717, 1.165) is 13.1 Å². The van der Waals surface area contributed by atoms with Crippen molar-refractivity contribution >= 4 is 6.03 Å². The molecule has 0 aliphatic carbocycles. The lowest BCUT2D eigenvalue weighted by Gasteiger charge is -2.18. The molecule has 2 amide bonds. The van der Waals surface area contributed by atoms with Crippen LogP contribution < -0.4 is 0 Å². The van der Waals surface area contributed by atoms with E-state index in [4.69, 9.17) is 6.42 Å². The molecule has 1 atom stereocenters. The fourth-order valence-electron chi connectivity index (χ4n) is 1.12. The zero-order chi connectivity index (χ0) is 8.43. The molecule has 1 aliphatic rings. The van der Waals surface area contributed by atoms with Crippen LogP contribution in [0, 0.1) is 12.3 Å². The van der Waals surface area contributed by atoms with Crippen molar-refractivity contribution in [2.45, 2.75) is 13.0 Å². The Kier molecular flexibility index (Phi) is 2.04. The topological polar surface area (TPSA) is 23.6 Å². The van der Waals surface area contributed by atoms with Crippen LogP contribution in [0.3, 0.4) is 0 Å². The number of likely N-dealkylation sites (N-methyl/N-ethyl adjacent to an activating group) is 1. The fraction of sp³-hybridized carbons (Fsp3) is 0.625. The number of amides is 2. The summed E-state index contributed by atoms with van der Waals surface area (Å²) < 4.78 is 0. The van der Waals surface area contributed by atoms with Crippen molar-refractivity contribution in [1.82, 2.24) is 9.80 Å². The standard InChI is InChI=1S/C8H12N2O/c1-4-7(2)10-6-5-9(3)8(10)11/h1,7H,5-6H2,2-3H3. The maximum atomic E-state index is 11.3.